The Balaban J connectivity index is 2.47. The van der Waals surface area contributed by atoms with Gasteiger partial charge < -0.3 is 5.11 Å². The van der Waals surface area contributed by atoms with Gasteiger partial charge in [0, 0.05) is 18.8 Å². The second-order valence-corrected chi connectivity index (χ2v) is 4.75. The zero-order valence-electron chi connectivity index (χ0n) is 11.4. The number of aromatic nitrogens is 2. The Labute approximate surface area is 108 Å². The molecule has 1 aromatic heterocycles. The number of aliphatic hydroxyl groups excluding tert-OH is 1. The number of rotatable bonds is 3. The zero-order chi connectivity index (χ0) is 13.3. The van der Waals surface area contributed by atoms with E-state index < -0.39 is 6.10 Å². The molecule has 2 rings (SSSR count). The highest BCUT2D eigenvalue weighted by Gasteiger charge is 2.19. The molecule has 0 radical (unpaired) electrons. The first-order chi connectivity index (χ1) is 8.54. The minimum absolute atomic E-state index is 0.589. The van der Waals surface area contributed by atoms with Crippen molar-refractivity contribution in [3.8, 4) is 0 Å². The fourth-order valence-electron chi connectivity index (χ4n) is 2.29. The van der Waals surface area contributed by atoms with Crippen molar-refractivity contribution >= 4 is 0 Å². The van der Waals surface area contributed by atoms with Gasteiger partial charge in [-0.1, -0.05) is 25.1 Å². The fourth-order valence-corrected chi connectivity index (χ4v) is 2.29. The molecule has 0 amide bonds. The van der Waals surface area contributed by atoms with Crippen molar-refractivity contribution < 1.29 is 5.11 Å². The molecule has 0 fully saturated rings. The van der Waals surface area contributed by atoms with E-state index >= 15 is 0 Å². The van der Waals surface area contributed by atoms with Crippen molar-refractivity contribution in [2.75, 3.05) is 0 Å². The standard InChI is InChI=1S/C15H20N2O/c1-5-14-13(9-17(4)16-14)15(18)12-8-6-7-10(2)11(12)3/h6-9,15,18H,5H2,1-4H3. The van der Waals surface area contributed by atoms with Crippen LogP contribution in [0.1, 0.15) is 41.0 Å². The maximum Gasteiger partial charge on any atom is 0.108 e. The number of hydrogen-bond acceptors (Lipinski definition) is 2. The lowest BCUT2D eigenvalue weighted by Gasteiger charge is -2.15. The maximum atomic E-state index is 10.6. The third-order valence-corrected chi connectivity index (χ3v) is 3.51. The van der Waals surface area contributed by atoms with Gasteiger partial charge in [-0.25, -0.2) is 0 Å². The quantitative estimate of drug-likeness (QED) is 0.901. The van der Waals surface area contributed by atoms with Crippen LogP contribution < -0.4 is 0 Å². The van der Waals surface area contributed by atoms with E-state index in [0.29, 0.717) is 0 Å². The highest BCUT2D eigenvalue weighted by Crippen LogP contribution is 2.28. The second-order valence-electron chi connectivity index (χ2n) is 4.75. The van der Waals surface area contributed by atoms with Gasteiger partial charge in [-0.3, -0.25) is 4.68 Å². The summed E-state index contributed by atoms with van der Waals surface area (Å²) in [5.74, 6) is 0. The minimum atomic E-state index is -0.589. The predicted octanol–water partition coefficient (Wildman–Crippen LogP) is 2.68. The molecule has 1 unspecified atom stereocenters. The number of benzene rings is 1. The molecule has 1 atom stereocenters. The molecule has 0 aliphatic carbocycles. The van der Waals surface area contributed by atoms with Gasteiger partial charge in [0.05, 0.1) is 5.69 Å². The van der Waals surface area contributed by atoms with Crippen LogP contribution >= 0.6 is 0 Å². The summed E-state index contributed by atoms with van der Waals surface area (Å²) in [6.45, 7) is 6.17. The molecule has 3 heteroatoms. The Morgan fingerprint density at radius 3 is 2.67 bits per heavy atom. The van der Waals surface area contributed by atoms with Crippen LogP contribution in [0.4, 0.5) is 0 Å². The summed E-state index contributed by atoms with van der Waals surface area (Å²) in [5, 5.41) is 15.0. The molecule has 1 N–H and O–H groups in total. The van der Waals surface area contributed by atoms with Gasteiger partial charge in [0.25, 0.3) is 0 Å². The molecule has 0 saturated carbocycles. The van der Waals surface area contributed by atoms with E-state index in [1.165, 1.54) is 5.56 Å². The van der Waals surface area contributed by atoms with Crippen LogP contribution in [0.15, 0.2) is 24.4 Å². The van der Waals surface area contributed by atoms with E-state index in [4.69, 9.17) is 0 Å². The smallest absolute Gasteiger partial charge is 0.108 e. The van der Waals surface area contributed by atoms with Crippen LogP contribution in [0.3, 0.4) is 0 Å². The van der Waals surface area contributed by atoms with Gasteiger partial charge in [0.15, 0.2) is 0 Å². The number of aryl methyl sites for hydroxylation is 3. The number of nitrogens with zero attached hydrogens (tertiary/aromatic N) is 2. The van der Waals surface area contributed by atoms with Gasteiger partial charge in [-0.2, -0.15) is 5.10 Å². The van der Waals surface area contributed by atoms with Crippen LogP contribution in [-0.4, -0.2) is 14.9 Å². The fraction of sp³-hybridized carbons (Fsp3) is 0.400. The highest BCUT2D eigenvalue weighted by atomic mass is 16.3. The van der Waals surface area contributed by atoms with E-state index in [0.717, 1.165) is 28.8 Å². The Morgan fingerprint density at radius 2 is 2.00 bits per heavy atom. The van der Waals surface area contributed by atoms with E-state index in [2.05, 4.69) is 31.9 Å². The lowest BCUT2D eigenvalue weighted by molar-refractivity contribution is 0.218. The first kappa shape index (κ1) is 12.8. The van der Waals surface area contributed by atoms with Crippen molar-refractivity contribution in [1.29, 1.82) is 0 Å². The van der Waals surface area contributed by atoms with E-state index in [1.54, 1.807) is 4.68 Å². The van der Waals surface area contributed by atoms with Gasteiger partial charge >= 0.3 is 0 Å². The Bertz CT molecular complexity index is 558. The summed E-state index contributed by atoms with van der Waals surface area (Å²) < 4.78 is 1.77. The molecule has 0 saturated heterocycles. The zero-order valence-corrected chi connectivity index (χ0v) is 11.4. The molecule has 3 nitrogen and oxygen atoms in total. The topological polar surface area (TPSA) is 38.0 Å². The summed E-state index contributed by atoms with van der Waals surface area (Å²) in [5.41, 5.74) is 5.20. The molecule has 18 heavy (non-hydrogen) atoms. The normalized spacial score (nSPS) is 12.7. The summed E-state index contributed by atoms with van der Waals surface area (Å²) in [7, 11) is 1.89. The predicted molar refractivity (Wildman–Crippen MR) is 72.6 cm³/mol. The van der Waals surface area contributed by atoms with Gasteiger partial charge in [0.1, 0.15) is 6.10 Å². The van der Waals surface area contributed by atoms with Crippen LogP contribution in [-0.2, 0) is 13.5 Å². The van der Waals surface area contributed by atoms with Gasteiger partial charge in [-0.15, -0.1) is 0 Å². The molecule has 0 aliphatic rings. The van der Waals surface area contributed by atoms with Crippen molar-refractivity contribution in [1.82, 2.24) is 9.78 Å². The van der Waals surface area contributed by atoms with Gasteiger partial charge in [0.2, 0.25) is 0 Å². The summed E-state index contributed by atoms with van der Waals surface area (Å²) in [6.07, 6.45) is 2.15. The summed E-state index contributed by atoms with van der Waals surface area (Å²) in [4.78, 5) is 0. The van der Waals surface area contributed by atoms with Crippen molar-refractivity contribution in [3.63, 3.8) is 0 Å². The Morgan fingerprint density at radius 1 is 1.28 bits per heavy atom. The monoisotopic (exact) mass is 244 g/mol. The molecule has 1 heterocycles. The molecule has 0 bridgehead atoms. The van der Waals surface area contributed by atoms with Crippen molar-refractivity contribution in [2.24, 2.45) is 7.05 Å². The van der Waals surface area contributed by atoms with E-state index in [9.17, 15) is 5.11 Å². The van der Waals surface area contributed by atoms with Gasteiger partial charge in [-0.05, 0) is 37.0 Å². The number of aliphatic hydroxyl groups is 1. The molecule has 1 aromatic carbocycles. The van der Waals surface area contributed by atoms with Crippen LogP contribution in [0.25, 0.3) is 0 Å². The Hall–Kier alpha value is -1.61. The molecule has 0 spiro atoms. The molecular weight excluding hydrogens is 224 g/mol. The van der Waals surface area contributed by atoms with Crippen LogP contribution in [0.5, 0.6) is 0 Å². The van der Waals surface area contributed by atoms with Crippen molar-refractivity contribution in [3.05, 3.63) is 52.3 Å². The summed E-state index contributed by atoms with van der Waals surface area (Å²) >= 11 is 0. The average Bonchev–Trinajstić information content (AvgIpc) is 2.73. The van der Waals surface area contributed by atoms with E-state index in [-0.39, 0.29) is 0 Å². The van der Waals surface area contributed by atoms with Crippen LogP contribution in [0.2, 0.25) is 0 Å². The highest BCUT2D eigenvalue weighted by molar-refractivity contribution is 5.40. The lowest BCUT2D eigenvalue weighted by atomic mass is 9.95. The summed E-state index contributed by atoms with van der Waals surface area (Å²) in [6, 6.07) is 6.04. The van der Waals surface area contributed by atoms with Crippen LogP contribution in [0, 0.1) is 13.8 Å². The molecule has 96 valence electrons. The Kier molecular flexibility index (Phi) is 3.53. The van der Waals surface area contributed by atoms with E-state index in [1.807, 2.05) is 25.4 Å². The molecule has 0 aliphatic heterocycles. The molecular formula is C15H20N2O. The lowest BCUT2D eigenvalue weighted by Crippen LogP contribution is -2.04. The average molecular weight is 244 g/mol. The third kappa shape index (κ3) is 2.18. The third-order valence-electron chi connectivity index (χ3n) is 3.51. The number of hydrogen-bond donors (Lipinski definition) is 1. The first-order valence-corrected chi connectivity index (χ1v) is 6.31. The van der Waals surface area contributed by atoms with Crippen molar-refractivity contribution in [2.45, 2.75) is 33.3 Å². The maximum absolute atomic E-state index is 10.6. The SMILES string of the molecule is CCc1nn(C)cc1C(O)c1cccc(C)c1C. The molecule has 2 aromatic rings. The first-order valence-electron chi connectivity index (χ1n) is 6.31. The second kappa shape index (κ2) is 4.94. The largest absolute Gasteiger partial charge is 0.384 e. The minimum Gasteiger partial charge on any atom is -0.384 e.